The van der Waals surface area contributed by atoms with E-state index < -0.39 is 23.1 Å². The summed E-state index contributed by atoms with van der Waals surface area (Å²) in [6.45, 7) is 0. The quantitative estimate of drug-likeness (QED) is 0.403. The molecule has 0 unspecified atom stereocenters. The minimum Gasteiger partial charge on any atom is -0.508 e. The molecule has 0 spiro atoms. The third-order valence-corrected chi connectivity index (χ3v) is 5.30. The minimum atomic E-state index is -0.704. The molecule has 1 aromatic heterocycles. The zero-order valence-electron chi connectivity index (χ0n) is 17.1. The molecule has 0 saturated heterocycles. The fraction of sp³-hybridized carbons (Fsp3) is 0.120. The second-order valence-corrected chi connectivity index (χ2v) is 7.30. The number of carbonyl (C=O) groups excluding carboxylic acids is 1. The Bertz CT molecular complexity index is 1340. The van der Waals surface area contributed by atoms with Crippen LogP contribution in [0.1, 0.15) is 23.5 Å². The van der Waals surface area contributed by atoms with E-state index >= 15 is 0 Å². The van der Waals surface area contributed by atoms with E-state index in [9.17, 15) is 24.9 Å². The molecule has 32 heavy (non-hydrogen) atoms. The zero-order valence-corrected chi connectivity index (χ0v) is 17.1. The number of rotatable bonds is 5. The Morgan fingerprint density at radius 2 is 1.66 bits per heavy atom. The highest BCUT2D eigenvalue weighted by atomic mass is 16.5. The van der Waals surface area contributed by atoms with Crippen LogP contribution in [-0.2, 0) is 9.53 Å². The molecule has 0 fully saturated rings. The van der Waals surface area contributed by atoms with Crippen molar-refractivity contribution in [2.24, 2.45) is 0 Å². The Morgan fingerprint density at radius 1 is 0.969 bits per heavy atom. The fourth-order valence-corrected chi connectivity index (χ4v) is 3.75. The molecule has 1 heterocycles. The van der Waals surface area contributed by atoms with Crippen molar-refractivity contribution in [3.63, 3.8) is 0 Å². The summed E-state index contributed by atoms with van der Waals surface area (Å²) in [5, 5.41) is 30.6. The average Bonchev–Trinajstić information content (AvgIpc) is 2.78. The summed E-state index contributed by atoms with van der Waals surface area (Å²) in [4.78, 5) is 25.1. The lowest BCUT2D eigenvalue weighted by Crippen LogP contribution is -2.12. The number of phenols is 3. The van der Waals surface area contributed by atoms with Gasteiger partial charge in [0.1, 0.15) is 34.0 Å². The van der Waals surface area contributed by atoms with Gasteiger partial charge in [0, 0.05) is 29.2 Å². The number of hydrogen-bond acceptors (Lipinski definition) is 7. The lowest BCUT2D eigenvalue weighted by molar-refractivity contribution is -0.140. The molecular formula is C25H20O7. The second kappa shape index (κ2) is 8.47. The Labute approximate surface area is 182 Å². The molecule has 0 saturated carbocycles. The number of methoxy groups -OCH3 is 1. The number of benzene rings is 3. The van der Waals surface area contributed by atoms with Gasteiger partial charge in [-0.25, -0.2) is 0 Å². The van der Waals surface area contributed by atoms with E-state index in [1.807, 2.05) is 6.07 Å². The molecule has 0 aliphatic heterocycles. The first-order valence-corrected chi connectivity index (χ1v) is 9.83. The van der Waals surface area contributed by atoms with Gasteiger partial charge in [0.05, 0.1) is 13.5 Å². The first-order chi connectivity index (χ1) is 15.4. The summed E-state index contributed by atoms with van der Waals surface area (Å²) in [7, 11) is 1.27. The van der Waals surface area contributed by atoms with Crippen molar-refractivity contribution in [3.05, 3.63) is 88.1 Å². The first kappa shape index (κ1) is 21.0. The minimum absolute atomic E-state index is 0.0316. The molecule has 0 amide bonds. The Balaban J connectivity index is 2.03. The van der Waals surface area contributed by atoms with Crippen molar-refractivity contribution in [3.8, 4) is 28.6 Å². The molecular weight excluding hydrogens is 412 g/mol. The summed E-state index contributed by atoms with van der Waals surface area (Å²) in [5.41, 5.74) is 0.846. The molecule has 1 atom stereocenters. The molecule has 3 N–H and O–H groups in total. The number of fused-ring (bicyclic) bond motifs is 1. The van der Waals surface area contributed by atoms with Gasteiger partial charge < -0.3 is 24.5 Å². The molecule has 4 rings (SSSR count). The number of ether oxygens (including phenoxy) is 1. The van der Waals surface area contributed by atoms with Crippen LogP contribution in [-0.4, -0.2) is 28.4 Å². The summed E-state index contributed by atoms with van der Waals surface area (Å²) in [6, 6.07) is 17.3. The highest BCUT2D eigenvalue weighted by Crippen LogP contribution is 2.42. The molecule has 0 aliphatic rings. The van der Waals surface area contributed by atoms with Gasteiger partial charge in [-0.1, -0.05) is 30.3 Å². The van der Waals surface area contributed by atoms with Gasteiger partial charge >= 0.3 is 5.97 Å². The van der Waals surface area contributed by atoms with Crippen LogP contribution in [0.5, 0.6) is 17.2 Å². The molecule has 7 heteroatoms. The summed E-state index contributed by atoms with van der Waals surface area (Å²) in [5.74, 6) is -1.74. The molecule has 0 aliphatic carbocycles. The van der Waals surface area contributed by atoms with Crippen molar-refractivity contribution in [1.82, 2.24) is 0 Å². The van der Waals surface area contributed by atoms with Crippen molar-refractivity contribution in [2.75, 3.05) is 7.11 Å². The number of aromatic hydroxyl groups is 3. The van der Waals surface area contributed by atoms with Crippen LogP contribution in [0, 0.1) is 0 Å². The predicted molar refractivity (Wildman–Crippen MR) is 118 cm³/mol. The van der Waals surface area contributed by atoms with Gasteiger partial charge in [-0.2, -0.15) is 0 Å². The standard InChI is InChI=1S/C25H20O7/c1-31-22(30)11-17(14-5-3-2-4-6-14)23-18(27)12-19(28)24-20(29)13-21(32-25(23)24)15-7-9-16(26)10-8-15/h2-10,12-13,17,26-28H,11H2,1H3/t17-/m1/s1. The smallest absolute Gasteiger partial charge is 0.306 e. The lowest BCUT2D eigenvalue weighted by Gasteiger charge is -2.20. The van der Waals surface area contributed by atoms with E-state index in [2.05, 4.69) is 0 Å². The van der Waals surface area contributed by atoms with Crippen LogP contribution in [0.25, 0.3) is 22.3 Å². The van der Waals surface area contributed by atoms with Gasteiger partial charge in [-0.3, -0.25) is 9.59 Å². The second-order valence-electron chi connectivity index (χ2n) is 7.30. The van der Waals surface area contributed by atoms with Gasteiger partial charge in [0.15, 0.2) is 5.43 Å². The van der Waals surface area contributed by atoms with E-state index in [-0.39, 0.29) is 40.2 Å². The molecule has 162 valence electrons. The number of phenolic OH excluding ortho intramolecular Hbond substituents is 3. The fourth-order valence-electron chi connectivity index (χ4n) is 3.75. The Kier molecular flexibility index (Phi) is 5.55. The van der Waals surface area contributed by atoms with Crippen LogP contribution in [0.4, 0.5) is 0 Å². The maximum absolute atomic E-state index is 12.9. The van der Waals surface area contributed by atoms with Crippen molar-refractivity contribution < 1.29 is 29.3 Å². The Hall–Kier alpha value is -4.26. The highest BCUT2D eigenvalue weighted by molar-refractivity contribution is 5.90. The zero-order chi connectivity index (χ0) is 22.8. The molecule has 0 radical (unpaired) electrons. The molecule has 7 nitrogen and oxygen atoms in total. The molecule has 0 bridgehead atoms. The average molecular weight is 432 g/mol. The summed E-state index contributed by atoms with van der Waals surface area (Å²) < 4.78 is 10.9. The van der Waals surface area contributed by atoms with Crippen molar-refractivity contribution in [2.45, 2.75) is 12.3 Å². The van der Waals surface area contributed by atoms with Crippen LogP contribution >= 0.6 is 0 Å². The largest absolute Gasteiger partial charge is 0.508 e. The number of esters is 1. The van der Waals surface area contributed by atoms with E-state index in [0.29, 0.717) is 11.1 Å². The van der Waals surface area contributed by atoms with Crippen molar-refractivity contribution in [1.29, 1.82) is 0 Å². The first-order valence-electron chi connectivity index (χ1n) is 9.83. The van der Waals surface area contributed by atoms with E-state index in [4.69, 9.17) is 9.15 Å². The monoisotopic (exact) mass is 432 g/mol. The third-order valence-electron chi connectivity index (χ3n) is 5.30. The van der Waals surface area contributed by atoms with Crippen molar-refractivity contribution >= 4 is 16.9 Å². The van der Waals surface area contributed by atoms with Crippen LogP contribution < -0.4 is 5.43 Å². The summed E-state index contributed by atoms with van der Waals surface area (Å²) >= 11 is 0. The van der Waals surface area contributed by atoms with Gasteiger partial charge in [0.25, 0.3) is 0 Å². The van der Waals surface area contributed by atoms with Gasteiger partial charge in [0.2, 0.25) is 0 Å². The van der Waals surface area contributed by atoms with Crippen LogP contribution in [0.2, 0.25) is 0 Å². The Morgan fingerprint density at radius 3 is 2.31 bits per heavy atom. The van der Waals surface area contributed by atoms with Gasteiger partial charge in [-0.15, -0.1) is 0 Å². The predicted octanol–water partition coefficient (Wildman–Crippen LogP) is 4.27. The van der Waals surface area contributed by atoms with E-state index in [1.165, 1.54) is 25.3 Å². The van der Waals surface area contributed by atoms with Crippen LogP contribution in [0.3, 0.4) is 0 Å². The maximum Gasteiger partial charge on any atom is 0.306 e. The molecule has 3 aromatic carbocycles. The summed E-state index contributed by atoms with van der Waals surface area (Å²) in [6.07, 6.45) is -0.124. The highest BCUT2D eigenvalue weighted by Gasteiger charge is 2.28. The lowest BCUT2D eigenvalue weighted by atomic mass is 9.86. The topological polar surface area (TPSA) is 117 Å². The SMILES string of the molecule is COC(=O)C[C@H](c1ccccc1)c1c(O)cc(O)c2c(=O)cc(-c3ccc(O)cc3)oc12. The van der Waals surface area contributed by atoms with Gasteiger partial charge in [-0.05, 0) is 29.8 Å². The number of hydrogen-bond donors (Lipinski definition) is 3. The maximum atomic E-state index is 12.9. The van der Waals surface area contributed by atoms with Crippen LogP contribution in [0.15, 0.2) is 75.9 Å². The van der Waals surface area contributed by atoms with E-state index in [1.54, 1.807) is 36.4 Å². The number of carbonyl (C=O) groups is 1. The molecule has 4 aromatic rings. The van der Waals surface area contributed by atoms with E-state index in [0.717, 1.165) is 6.07 Å². The normalized spacial score (nSPS) is 11.9. The third kappa shape index (κ3) is 3.88.